The van der Waals surface area contributed by atoms with E-state index in [9.17, 15) is 19.2 Å². The van der Waals surface area contributed by atoms with Gasteiger partial charge in [-0.1, -0.05) is 37.3 Å². The van der Waals surface area contributed by atoms with Crippen LogP contribution < -0.4 is 10.6 Å². The molecule has 3 aliphatic rings. The van der Waals surface area contributed by atoms with Gasteiger partial charge in [-0.3, -0.25) is 24.1 Å². The summed E-state index contributed by atoms with van der Waals surface area (Å²) in [6.07, 6.45) is 4.03. The maximum Gasteiger partial charge on any atom is 0.310 e. The highest BCUT2D eigenvalue weighted by atomic mass is 16.7. The van der Waals surface area contributed by atoms with Crippen molar-refractivity contribution in [2.75, 3.05) is 26.2 Å². The molecule has 194 valence electrons. The summed E-state index contributed by atoms with van der Waals surface area (Å²) >= 11 is 0. The van der Waals surface area contributed by atoms with E-state index < -0.39 is 30.4 Å². The number of amides is 3. The van der Waals surface area contributed by atoms with Gasteiger partial charge in [0.15, 0.2) is 0 Å². The summed E-state index contributed by atoms with van der Waals surface area (Å²) in [6, 6.07) is 6.31. The first-order chi connectivity index (χ1) is 17.4. The monoisotopic (exact) mass is 498 g/mol. The van der Waals surface area contributed by atoms with Gasteiger partial charge in [0.2, 0.25) is 18.1 Å². The SMILES string of the molecule is CCOC1OC(=O)CC1NC(=O)[C@@H]1CN(CC)C[C@@H]2C/C=C\C[C@H](NC(=O)c3ccccc3)C(=O)N21. The lowest BCUT2D eigenvalue weighted by atomic mass is 9.96. The van der Waals surface area contributed by atoms with Crippen molar-refractivity contribution in [3.05, 3.63) is 48.0 Å². The zero-order chi connectivity index (χ0) is 25.7. The van der Waals surface area contributed by atoms with Gasteiger partial charge in [0.05, 0.1) is 6.42 Å². The number of ether oxygens (including phenoxy) is 2. The van der Waals surface area contributed by atoms with Crippen LogP contribution in [0.25, 0.3) is 0 Å². The molecule has 3 heterocycles. The maximum atomic E-state index is 13.8. The van der Waals surface area contributed by atoms with Gasteiger partial charge < -0.3 is 25.0 Å². The zero-order valence-electron chi connectivity index (χ0n) is 20.7. The Kier molecular flexibility index (Phi) is 8.37. The average molecular weight is 499 g/mol. The van der Waals surface area contributed by atoms with Crippen LogP contribution in [-0.2, 0) is 23.9 Å². The second-order valence-corrected chi connectivity index (χ2v) is 9.24. The van der Waals surface area contributed by atoms with E-state index in [1.54, 1.807) is 36.1 Å². The number of carbonyl (C=O) groups is 4. The predicted octanol–water partition coefficient (Wildman–Crippen LogP) is 0.831. The molecule has 2 fully saturated rings. The van der Waals surface area contributed by atoms with Crippen LogP contribution in [0.1, 0.15) is 43.5 Å². The Morgan fingerprint density at radius 3 is 2.53 bits per heavy atom. The van der Waals surface area contributed by atoms with Crippen LogP contribution in [0.2, 0.25) is 0 Å². The minimum absolute atomic E-state index is 0.0104. The van der Waals surface area contributed by atoms with Gasteiger partial charge in [0.1, 0.15) is 18.1 Å². The normalized spacial score (nSPS) is 29.5. The largest absolute Gasteiger partial charge is 0.433 e. The molecular formula is C26H34N4O6. The molecule has 0 saturated carbocycles. The van der Waals surface area contributed by atoms with Gasteiger partial charge in [-0.05, 0) is 38.4 Å². The van der Waals surface area contributed by atoms with Crippen molar-refractivity contribution in [2.24, 2.45) is 0 Å². The van der Waals surface area contributed by atoms with E-state index in [4.69, 9.17) is 9.47 Å². The van der Waals surface area contributed by atoms with Gasteiger partial charge in [-0.15, -0.1) is 0 Å². The number of benzene rings is 1. The number of fused-ring (bicyclic) bond motifs is 1. The number of nitrogens with one attached hydrogen (secondary N) is 2. The smallest absolute Gasteiger partial charge is 0.310 e. The van der Waals surface area contributed by atoms with Crippen LogP contribution in [0, 0.1) is 0 Å². The summed E-state index contributed by atoms with van der Waals surface area (Å²) in [5.41, 5.74) is 0.464. The van der Waals surface area contributed by atoms with E-state index in [1.807, 2.05) is 25.1 Å². The Balaban J connectivity index is 1.56. The van der Waals surface area contributed by atoms with Crippen molar-refractivity contribution in [3.63, 3.8) is 0 Å². The van der Waals surface area contributed by atoms with E-state index in [-0.39, 0.29) is 30.2 Å². The molecule has 0 aliphatic carbocycles. The zero-order valence-corrected chi connectivity index (χ0v) is 20.7. The molecule has 0 spiro atoms. The van der Waals surface area contributed by atoms with Crippen molar-refractivity contribution >= 4 is 23.7 Å². The fourth-order valence-corrected chi connectivity index (χ4v) is 5.00. The number of carbonyl (C=O) groups excluding carboxylic acids is 4. The highest BCUT2D eigenvalue weighted by Gasteiger charge is 2.45. The highest BCUT2D eigenvalue weighted by Crippen LogP contribution is 2.24. The molecule has 36 heavy (non-hydrogen) atoms. The Bertz CT molecular complexity index is 999. The lowest BCUT2D eigenvalue weighted by molar-refractivity contribution is -0.165. The Hall–Kier alpha value is -3.24. The molecular weight excluding hydrogens is 464 g/mol. The van der Waals surface area contributed by atoms with Crippen molar-refractivity contribution in [1.82, 2.24) is 20.4 Å². The number of hydrogen-bond acceptors (Lipinski definition) is 7. The third kappa shape index (κ3) is 5.76. The number of piperazine rings is 1. The van der Waals surface area contributed by atoms with Crippen LogP contribution >= 0.6 is 0 Å². The molecule has 3 aliphatic heterocycles. The number of rotatable bonds is 7. The van der Waals surface area contributed by atoms with E-state index in [0.717, 1.165) is 6.54 Å². The molecule has 2 saturated heterocycles. The Morgan fingerprint density at radius 1 is 1.06 bits per heavy atom. The first kappa shape index (κ1) is 25.8. The van der Waals surface area contributed by atoms with Crippen LogP contribution in [0.15, 0.2) is 42.5 Å². The van der Waals surface area contributed by atoms with Crippen LogP contribution in [0.5, 0.6) is 0 Å². The molecule has 10 nitrogen and oxygen atoms in total. The third-order valence-electron chi connectivity index (χ3n) is 6.84. The molecule has 10 heteroatoms. The highest BCUT2D eigenvalue weighted by molar-refractivity contribution is 5.98. The molecule has 0 aromatic heterocycles. The van der Waals surface area contributed by atoms with Gasteiger partial charge in [0.25, 0.3) is 5.91 Å². The predicted molar refractivity (Wildman–Crippen MR) is 131 cm³/mol. The second-order valence-electron chi connectivity index (χ2n) is 9.24. The fourth-order valence-electron chi connectivity index (χ4n) is 5.00. The minimum Gasteiger partial charge on any atom is -0.433 e. The summed E-state index contributed by atoms with van der Waals surface area (Å²) in [5.74, 6) is -1.43. The van der Waals surface area contributed by atoms with E-state index in [1.165, 1.54) is 0 Å². The second kappa shape index (κ2) is 11.7. The van der Waals surface area contributed by atoms with Gasteiger partial charge in [-0.25, -0.2) is 0 Å². The number of nitrogens with zero attached hydrogens (tertiary/aromatic N) is 2. The van der Waals surface area contributed by atoms with Crippen molar-refractivity contribution in [2.45, 2.75) is 63.6 Å². The van der Waals surface area contributed by atoms with Crippen molar-refractivity contribution in [1.29, 1.82) is 0 Å². The molecule has 1 aromatic carbocycles. The number of hydrogen-bond donors (Lipinski definition) is 2. The number of esters is 1. The quantitative estimate of drug-likeness (QED) is 0.422. The first-order valence-corrected chi connectivity index (χ1v) is 12.6. The van der Waals surface area contributed by atoms with E-state index in [0.29, 0.717) is 38.1 Å². The first-order valence-electron chi connectivity index (χ1n) is 12.6. The van der Waals surface area contributed by atoms with Crippen molar-refractivity contribution in [3.8, 4) is 0 Å². The minimum atomic E-state index is -0.850. The van der Waals surface area contributed by atoms with Gasteiger partial charge >= 0.3 is 5.97 Å². The van der Waals surface area contributed by atoms with Gasteiger partial charge in [0, 0.05) is 31.3 Å². The average Bonchev–Trinajstić information content (AvgIpc) is 3.22. The number of cyclic esters (lactones) is 1. The maximum absolute atomic E-state index is 13.8. The summed E-state index contributed by atoms with van der Waals surface area (Å²) in [7, 11) is 0. The molecule has 1 aromatic rings. The third-order valence-corrected chi connectivity index (χ3v) is 6.84. The van der Waals surface area contributed by atoms with Crippen LogP contribution in [0.3, 0.4) is 0 Å². The molecule has 0 radical (unpaired) electrons. The lowest BCUT2D eigenvalue weighted by Crippen LogP contribution is -2.68. The summed E-state index contributed by atoms with van der Waals surface area (Å²) in [6.45, 7) is 5.84. The van der Waals surface area contributed by atoms with Crippen molar-refractivity contribution < 1.29 is 28.7 Å². The molecule has 4 rings (SSSR count). The van der Waals surface area contributed by atoms with Crippen LogP contribution in [-0.4, -0.2) is 90.2 Å². The fraction of sp³-hybridized carbons (Fsp3) is 0.538. The van der Waals surface area contributed by atoms with E-state index >= 15 is 0 Å². The summed E-state index contributed by atoms with van der Waals surface area (Å²) in [4.78, 5) is 55.9. The molecule has 2 unspecified atom stereocenters. The molecule has 3 amide bonds. The number of likely N-dealkylation sites (N-methyl/N-ethyl adjacent to an activating group) is 1. The van der Waals surface area contributed by atoms with E-state index in [2.05, 4.69) is 15.5 Å². The Morgan fingerprint density at radius 2 is 1.81 bits per heavy atom. The topological polar surface area (TPSA) is 117 Å². The Labute approximate surface area is 211 Å². The lowest BCUT2D eigenvalue weighted by Gasteiger charge is -2.47. The van der Waals surface area contributed by atoms with Crippen LogP contribution in [0.4, 0.5) is 0 Å². The van der Waals surface area contributed by atoms with Gasteiger partial charge in [-0.2, -0.15) is 0 Å². The molecule has 2 N–H and O–H groups in total. The summed E-state index contributed by atoms with van der Waals surface area (Å²) in [5, 5.41) is 5.76. The summed E-state index contributed by atoms with van der Waals surface area (Å²) < 4.78 is 10.7. The standard InChI is InChI=1S/C26H34N4O6/c1-3-29-15-18-12-8-9-13-19(27-23(32)17-10-6-5-7-11-17)25(34)30(18)21(16-29)24(33)28-20-14-22(31)36-26(20)35-4-2/h5-11,18-21,26H,3-4,12-16H2,1-2H3,(H,27,32)(H,28,33)/b9-8-/t18-,19-,20?,21-,26?/m0/s1. The molecule has 5 atom stereocenters. The molecule has 0 bridgehead atoms.